The summed E-state index contributed by atoms with van der Waals surface area (Å²) in [4.78, 5) is 6.68. The zero-order valence-corrected chi connectivity index (χ0v) is 13.8. The van der Waals surface area contributed by atoms with Crippen LogP contribution in [0.1, 0.15) is 18.1 Å². The fourth-order valence-electron chi connectivity index (χ4n) is 2.94. The first-order valence-corrected chi connectivity index (χ1v) is 7.98. The third-order valence-electron chi connectivity index (χ3n) is 4.05. The van der Waals surface area contributed by atoms with Gasteiger partial charge in [-0.1, -0.05) is 23.7 Å². The molecule has 0 bridgehead atoms. The number of anilines is 1. The number of hydrogen-bond donors (Lipinski definition) is 0. The van der Waals surface area contributed by atoms with Gasteiger partial charge in [0.15, 0.2) is 5.84 Å². The van der Waals surface area contributed by atoms with Crippen LogP contribution in [0.15, 0.2) is 57.7 Å². The van der Waals surface area contributed by atoms with Gasteiger partial charge in [0.1, 0.15) is 5.82 Å². The van der Waals surface area contributed by atoms with Gasteiger partial charge in [0.05, 0.1) is 30.2 Å². The van der Waals surface area contributed by atoms with Gasteiger partial charge in [-0.2, -0.15) is 5.10 Å². The molecule has 120 valence electrons. The summed E-state index contributed by atoms with van der Waals surface area (Å²) >= 11 is 6.21. The molecule has 24 heavy (non-hydrogen) atoms. The van der Waals surface area contributed by atoms with Crippen LogP contribution in [-0.2, 0) is 0 Å². The highest BCUT2D eigenvalue weighted by molar-refractivity contribution is 6.32. The van der Waals surface area contributed by atoms with Crippen LogP contribution in [0.4, 0.5) is 10.1 Å². The van der Waals surface area contributed by atoms with Gasteiger partial charge in [0.2, 0.25) is 0 Å². The van der Waals surface area contributed by atoms with Crippen molar-refractivity contribution in [2.45, 2.75) is 6.92 Å². The Morgan fingerprint density at radius 2 is 1.92 bits per heavy atom. The summed E-state index contributed by atoms with van der Waals surface area (Å²) in [6.45, 7) is 2.90. The van der Waals surface area contributed by atoms with E-state index < -0.39 is 0 Å². The minimum Gasteiger partial charge on any atom is -0.320 e. The molecule has 6 heteroatoms. The molecule has 0 atom stereocenters. The lowest BCUT2D eigenvalue weighted by Crippen LogP contribution is -2.38. The Kier molecular flexibility index (Phi) is 3.65. The average molecular weight is 341 g/mol. The Hall–Kier alpha value is -2.53. The third kappa shape index (κ3) is 2.51. The fourth-order valence-corrected chi connectivity index (χ4v) is 3.11. The highest BCUT2D eigenvalue weighted by Crippen LogP contribution is 2.31. The van der Waals surface area contributed by atoms with Crippen LogP contribution in [0.25, 0.3) is 0 Å². The van der Waals surface area contributed by atoms with Crippen LogP contribution in [-0.4, -0.2) is 30.3 Å². The molecular formula is C18H14ClFN4. The van der Waals surface area contributed by atoms with Gasteiger partial charge >= 0.3 is 0 Å². The Morgan fingerprint density at radius 1 is 1.08 bits per heavy atom. The smallest absolute Gasteiger partial charge is 0.154 e. The molecule has 2 aromatic carbocycles. The zero-order valence-electron chi connectivity index (χ0n) is 13.0. The normalized spacial score (nSPS) is 16.5. The van der Waals surface area contributed by atoms with Crippen molar-refractivity contribution in [1.29, 1.82) is 0 Å². The molecule has 0 amide bonds. The lowest BCUT2D eigenvalue weighted by molar-refractivity contribution is 0.625. The Morgan fingerprint density at radius 3 is 2.75 bits per heavy atom. The number of hydrogen-bond acceptors (Lipinski definition) is 4. The van der Waals surface area contributed by atoms with Gasteiger partial charge in [-0.25, -0.2) is 4.39 Å². The molecule has 2 heterocycles. The van der Waals surface area contributed by atoms with Crippen molar-refractivity contribution < 1.29 is 4.39 Å². The second-order valence-electron chi connectivity index (χ2n) is 5.74. The molecule has 2 aromatic rings. The molecule has 0 unspecified atom stereocenters. The van der Waals surface area contributed by atoms with Gasteiger partial charge in [-0.3, -0.25) is 4.99 Å². The average Bonchev–Trinajstić information content (AvgIpc) is 2.72. The van der Waals surface area contributed by atoms with E-state index >= 15 is 0 Å². The minimum absolute atomic E-state index is 0.309. The molecule has 0 saturated heterocycles. The first-order chi connectivity index (χ1) is 11.6. The lowest BCUT2D eigenvalue weighted by Gasteiger charge is -2.27. The van der Waals surface area contributed by atoms with E-state index in [2.05, 4.69) is 20.1 Å². The second-order valence-corrected chi connectivity index (χ2v) is 6.18. The van der Waals surface area contributed by atoms with E-state index in [4.69, 9.17) is 11.6 Å². The van der Waals surface area contributed by atoms with E-state index in [-0.39, 0.29) is 5.82 Å². The van der Waals surface area contributed by atoms with Crippen molar-refractivity contribution in [2.24, 2.45) is 15.2 Å². The molecule has 2 aliphatic heterocycles. The standard InChI is InChI=1S/C18H14ClFN4/c1-11-10-24-16-7-6-12(19)8-14(16)18(21-9-17(24)23-22-11)13-4-2-3-5-15(13)20/h2-8H,9-10H2,1H3. The molecule has 0 N–H and O–H groups in total. The summed E-state index contributed by atoms with van der Waals surface area (Å²) in [5.74, 6) is 0.437. The summed E-state index contributed by atoms with van der Waals surface area (Å²) in [5, 5.41) is 9.00. The van der Waals surface area contributed by atoms with Crippen molar-refractivity contribution in [3.05, 3.63) is 64.4 Å². The number of fused-ring (bicyclic) bond motifs is 3. The van der Waals surface area contributed by atoms with Gasteiger partial charge in [0, 0.05) is 16.1 Å². The highest BCUT2D eigenvalue weighted by atomic mass is 35.5. The predicted molar refractivity (Wildman–Crippen MR) is 96.2 cm³/mol. The van der Waals surface area contributed by atoms with E-state index in [1.807, 2.05) is 25.1 Å². The monoisotopic (exact) mass is 340 g/mol. The van der Waals surface area contributed by atoms with Crippen LogP contribution in [0.3, 0.4) is 0 Å². The maximum absolute atomic E-state index is 14.4. The SMILES string of the molecule is CC1=NN=C2CN=C(c3ccccc3F)c3cc(Cl)ccc3N2C1. The molecule has 0 fully saturated rings. The second kappa shape index (κ2) is 5.83. The number of rotatable bonds is 1. The maximum atomic E-state index is 14.4. The number of aliphatic imine (C=N–C) groups is 1. The van der Waals surface area contributed by atoms with Gasteiger partial charge < -0.3 is 4.90 Å². The number of amidine groups is 1. The Balaban J connectivity index is 1.94. The van der Waals surface area contributed by atoms with Crippen molar-refractivity contribution in [1.82, 2.24) is 0 Å². The van der Waals surface area contributed by atoms with Crippen molar-refractivity contribution in [2.75, 3.05) is 18.0 Å². The molecule has 0 aliphatic carbocycles. The molecule has 4 nitrogen and oxygen atoms in total. The minimum atomic E-state index is -0.309. The van der Waals surface area contributed by atoms with E-state index in [1.54, 1.807) is 18.2 Å². The molecule has 0 aromatic heterocycles. The molecule has 0 radical (unpaired) electrons. The molecule has 4 rings (SSSR count). The highest BCUT2D eigenvalue weighted by Gasteiger charge is 2.27. The summed E-state index contributed by atoms with van der Waals surface area (Å²) in [6.07, 6.45) is 0. The first-order valence-electron chi connectivity index (χ1n) is 7.60. The van der Waals surface area contributed by atoms with Crippen LogP contribution in [0.5, 0.6) is 0 Å². The van der Waals surface area contributed by atoms with E-state index in [9.17, 15) is 4.39 Å². The largest absolute Gasteiger partial charge is 0.320 e. The first kappa shape index (κ1) is 15.0. The van der Waals surface area contributed by atoms with E-state index in [1.165, 1.54) is 6.07 Å². The van der Waals surface area contributed by atoms with E-state index in [0.29, 0.717) is 29.4 Å². The van der Waals surface area contributed by atoms with Crippen LogP contribution < -0.4 is 4.90 Å². The topological polar surface area (TPSA) is 40.3 Å². The quantitative estimate of drug-likeness (QED) is 0.775. The number of halogens is 2. The molecule has 2 aliphatic rings. The van der Waals surface area contributed by atoms with Crippen molar-refractivity contribution >= 4 is 34.5 Å². The van der Waals surface area contributed by atoms with Crippen LogP contribution in [0.2, 0.25) is 5.02 Å². The zero-order chi connectivity index (χ0) is 16.7. The van der Waals surface area contributed by atoms with E-state index in [0.717, 1.165) is 22.8 Å². The Bertz CT molecular complexity index is 917. The maximum Gasteiger partial charge on any atom is 0.154 e. The van der Waals surface area contributed by atoms with Gasteiger partial charge in [-0.05, 0) is 37.3 Å². The van der Waals surface area contributed by atoms with Gasteiger partial charge in [0.25, 0.3) is 0 Å². The van der Waals surface area contributed by atoms with Gasteiger partial charge in [-0.15, -0.1) is 5.10 Å². The van der Waals surface area contributed by atoms with Crippen molar-refractivity contribution in [3.63, 3.8) is 0 Å². The predicted octanol–water partition coefficient (Wildman–Crippen LogP) is 3.92. The summed E-state index contributed by atoms with van der Waals surface area (Å²) in [6, 6.07) is 12.2. The molecular weight excluding hydrogens is 327 g/mol. The Labute approximate surface area is 144 Å². The molecule has 0 spiro atoms. The fraction of sp³-hybridized carbons (Fsp3) is 0.167. The summed E-state index contributed by atoms with van der Waals surface area (Å²) in [5.41, 5.74) is 3.66. The lowest BCUT2D eigenvalue weighted by atomic mass is 9.99. The van der Waals surface area contributed by atoms with Crippen LogP contribution in [0, 0.1) is 5.82 Å². The molecule has 0 saturated carbocycles. The number of benzene rings is 2. The van der Waals surface area contributed by atoms with Crippen molar-refractivity contribution in [3.8, 4) is 0 Å². The summed E-state index contributed by atoms with van der Waals surface area (Å²) in [7, 11) is 0. The van der Waals surface area contributed by atoms with Crippen LogP contribution >= 0.6 is 11.6 Å². The summed E-state index contributed by atoms with van der Waals surface area (Å²) < 4.78 is 14.4. The number of nitrogens with zero attached hydrogens (tertiary/aromatic N) is 4. The third-order valence-corrected chi connectivity index (χ3v) is 4.28.